The quantitative estimate of drug-likeness (QED) is 0.862. The number of thiazole rings is 1. The van der Waals surface area contributed by atoms with Gasteiger partial charge in [0.1, 0.15) is 0 Å². The Bertz CT molecular complexity index is 612. The van der Waals surface area contributed by atoms with Crippen LogP contribution in [0.15, 0.2) is 0 Å². The third-order valence-electron chi connectivity index (χ3n) is 2.79. The van der Waals surface area contributed by atoms with Gasteiger partial charge >= 0.3 is 0 Å². The Kier molecular flexibility index (Phi) is 4.49. The van der Waals surface area contributed by atoms with Gasteiger partial charge in [0.05, 0.1) is 28.7 Å². The molecule has 0 spiro atoms. The van der Waals surface area contributed by atoms with E-state index < -0.39 is 0 Å². The molecule has 2 aromatic rings. The lowest BCUT2D eigenvalue weighted by molar-refractivity contribution is 0.187. The van der Waals surface area contributed by atoms with Crippen LogP contribution in [0.2, 0.25) is 0 Å². The first kappa shape index (κ1) is 14.4. The van der Waals surface area contributed by atoms with Crippen LogP contribution in [-0.4, -0.2) is 33.5 Å². The number of aryl methyl sites for hydroxylation is 1. The zero-order valence-electron chi connectivity index (χ0n) is 11.6. The second-order valence-corrected chi connectivity index (χ2v) is 6.19. The Balaban J connectivity index is 2.50. The first-order valence-electron chi connectivity index (χ1n) is 6.16. The summed E-state index contributed by atoms with van der Waals surface area (Å²) in [7, 11) is 1.68. The Morgan fingerprint density at radius 1 is 1.47 bits per heavy atom. The van der Waals surface area contributed by atoms with E-state index in [1.807, 2.05) is 11.5 Å². The average Bonchev–Trinajstić information content (AvgIpc) is 2.90. The van der Waals surface area contributed by atoms with Gasteiger partial charge in [0, 0.05) is 7.11 Å². The summed E-state index contributed by atoms with van der Waals surface area (Å²) < 4.78 is 7.71. The topological polar surface area (TPSA) is 55.7 Å². The number of hydrogen-bond donors (Lipinski definition) is 1. The summed E-state index contributed by atoms with van der Waals surface area (Å²) >= 11 is 6.93. The molecular formula is C12H18N4OS2. The lowest BCUT2D eigenvalue weighted by Crippen LogP contribution is -2.06. The van der Waals surface area contributed by atoms with Crippen molar-refractivity contribution in [2.45, 2.75) is 33.2 Å². The minimum Gasteiger partial charge on any atom is -0.383 e. The Labute approximate surface area is 121 Å². The predicted molar refractivity (Wildman–Crippen MR) is 79.2 cm³/mol. The van der Waals surface area contributed by atoms with Crippen molar-refractivity contribution in [3.8, 4) is 10.7 Å². The highest BCUT2D eigenvalue weighted by atomic mass is 32.1. The maximum absolute atomic E-state index is 5.28. The first-order chi connectivity index (χ1) is 9.04. The van der Waals surface area contributed by atoms with Crippen LogP contribution in [-0.2, 0) is 11.3 Å². The molecule has 1 N–H and O–H groups in total. The van der Waals surface area contributed by atoms with Crippen LogP contribution in [0, 0.1) is 11.7 Å². The van der Waals surface area contributed by atoms with Gasteiger partial charge in [-0.05, 0) is 25.1 Å². The summed E-state index contributed by atoms with van der Waals surface area (Å²) in [5.41, 5.74) is 1.08. The van der Waals surface area contributed by atoms with Gasteiger partial charge in [0.15, 0.2) is 10.6 Å². The number of aromatic nitrogens is 4. The van der Waals surface area contributed by atoms with Gasteiger partial charge in [0.2, 0.25) is 0 Å². The molecule has 5 nitrogen and oxygen atoms in total. The third kappa shape index (κ3) is 2.93. The van der Waals surface area contributed by atoms with Crippen molar-refractivity contribution in [3.05, 3.63) is 15.5 Å². The van der Waals surface area contributed by atoms with E-state index in [1.54, 1.807) is 18.4 Å². The zero-order valence-corrected chi connectivity index (χ0v) is 13.2. The SMILES string of the molecule is COCCn1c(-c2sc(C)nc2C(C)C)n[nH]c1=S. The second-order valence-electron chi connectivity index (χ2n) is 4.60. The van der Waals surface area contributed by atoms with E-state index in [0.29, 0.717) is 23.8 Å². The maximum Gasteiger partial charge on any atom is 0.195 e. The minimum absolute atomic E-state index is 0.362. The van der Waals surface area contributed by atoms with E-state index in [1.165, 1.54) is 0 Å². The molecule has 2 rings (SSSR count). The molecule has 0 saturated carbocycles. The molecule has 0 saturated heterocycles. The average molecular weight is 298 g/mol. The molecule has 7 heteroatoms. The minimum atomic E-state index is 0.362. The van der Waals surface area contributed by atoms with Gasteiger partial charge in [0.25, 0.3) is 0 Å². The Morgan fingerprint density at radius 3 is 2.84 bits per heavy atom. The highest BCUT2D eigenvalue weighted by Gasteiger charge is 2.19. The Hall–Kier alpha value is -1.05. The molecule has 0 radical (unpaired) electrons. The molecule has 0 aliphatic rings. The van der Waals surface area contributed by atoms with Gasteiger partial charge in [-0.15, -0.1) is 11.3 Å². The molecule has 0 aliphatic carbocycles. The summed E-state index contributed by atoms with van der Waals surface area (Å²) in [6.45, 7) is 7.59. The third-order valence-corrected chi connectivity index (χ3v) is 4.08. The number of nitrogens with zero attached hydrogens (tertiary/aromatic N) is 3. The molecule has 0 aromatic carbocycles. The van der Waals surface area contributed by atoms with Crippen molar-refractivity contribution in [2.75, 3.05) is 13.7 Å². The number of hydrogen-bond acceptors (Lipinski definition) is 5. The van der Waals surface area contributed by atoms with Crippen molar-refractivity contribution < 1.29 is 4.74 Å². The van der Waals surface area contributed by atoms with Crippen LogP contribution in [0.5, 0.6) is 0 Å². The predicted octanol–water partition coefficient (Wildman–Crippen LogP) is 3.14. The number of aromatic amines is 1. The summed E-state index contributed by atoms with van der Waals surface area (Å²) in [5, 5.41) is 8.26. The molecule has 0 bridgehead atoms. The van der Waals surface area contributed by atoms with E-state index in [4.69, 9.17) is 17.0 Å². The van der Waals surface area contributed by atoms with Crippen molar-refractivity contribution in [1.82, 2.24) is 19.7 Å². The molecule has 2 heterocycles. The lowest BCUT2D eigenvalue weighted by Gasteiger charge is -2.07. The normalized spacial score (nSPS) is 11.4. The van der Waals surface area contributed by atoms with Gasteiger partial charge in [-0.1, -0.05) is 13.8 Å². The molecule has 0 amide bonds. The van der Waals surface area contributed by atoms with E-state index >= 15 is 0 Å². The highest BCUT2D eigenvalue weighted by molar-refractivity contribution is 7.71. The van der Waals surface area contributed by atoms with Crippen molar-refractivity contribution in [1.29, 1.82) is 0 Å². The summed E-state index contributed by atoms with van der Waals surface area (Å²) in [6, 6.07) is 0. The van der Waals surface area contributed by atoms with Crippen molar-refractivity contribution in [3.63, 3.8) is 0 Å². The van der Waals surface area contributed by atoms with E-state index in [2.05, 4.69) is 29.0 Å². The number of rotatable bonds is 5. The molecule has 0 fully saturated rings. The van der Waals surface area contributed by atoms with Crippen LogP contribution in [0.25, 0.3) is 10.7 Å². The van der Waals surface area contributed by atoms with Crippen LogP contribution >= 0.6 is 23.6 Å². The number of nitrogens with one attached hydrogen (secondary N) is 1. The molecule has 19 heavy (non-hydrogen) atoms. The van der Waals surface area contributed by atoms with E-state index in [9.17, 15) is 0 Å². The Morgan fingerprint density at radius 2 is 2.21 bits per heavy atom. The van der Waals surface area contributed by atoms with Crippen LogP contribution in [0.4, 0.5) is 0 Å². The fourth-order valence-electron chi connectivity index (χ4n) is 1.88. The molecule has 2 aromatic heterocycles. The van der Waals surface area contributed by atoms with Crippen LogP contribution in [0.1, 0.15) is 30.5 Å². The first-order valence-corrected chi connectivity index (χ1v) is 7.39. The molecule has 0 atom stereocenters. The summed E-state index contributed by atoms with van der Waals surface area (Å²) in [4.78, 5) is 5.70. The standard InChI is InChI=1S/C12H18N4OS2/c1-7(2)9-10(19-8(3)13-9)11-14-15-12(18)16(11)5-6-17-4/h7H,5-6H2,1-4H3,(H,15,18). The largest absolute Gasteiger partial charge is 0.383 e. The maximum atomic E-state index is 5.28. The van der Waals surface area contributed by atoms with Gasteiger partial charge in [-0.2, -0.15) is 5.10 Å². The molecule has 0 unspecified atom stereocenters. The van der Waals surface area contributed by atoms with Gasteiger partial charge < -0.3 is 4.74 Å². The number of ether oxygens (including phenoxy) is 1. The fraction of sp³-hybridized carbons (Fsp3) is 0.583. The second kappa shape index (κ2) is 5.94. The van der Waals surface area contributed by atoms with Crippen LogP contribution in [0.3, 0.4) is 0 Å². The van der Waals surface area contributed by atoms with Gasteiger partial charge in [-0.3, -0.25) is 9.67 Å². The number of H-pyrrole nitrogens is 1. The lowest BCUT2D eigenvalue weighted by atomic mass is 10.1. The molecule has 0 aliphatic heterocycles. The smallest absolute Gasteiger partial charge is 0.195 e. The summed E-state index contributed by atoms with van der Waals surface area (Å²) in [5.74, 6) is 1.22. The van der Waals surface area contributed by atoms with E-state index in [0.717, 1.165) is 21.4 Å². The molecule has 104 valence electrons. The zero-order chi connectivity index (χ0) is 14.0. The number of methoxy groups -OCH3 is 1. The highest BCUT2D eigenvalue weighted by Crippen LogP contribution is 2.33. The van der Waals surface area contributed by atoms with Gasteiger partial charge in [-0.25, -0.2) is 4.98 Å². The fourth-order valence-corrected chi connectivity index (χ4v) is 3.17. The summed E-state index contributed by atoms with van der Waals surface area (Å²) in [6.07, 6.45) is 0. The van der Waals surface area contributed by atoms with E-state index in [-0.39, 0.29) is 0 Å². The van der Waals surface area contributed by atoms with Crippen molar-refractivity contribution in [2.24, 2.45) is 0 Å². The van der Waals surface area contributed by atoms with Crippen molar-refractivity contribution >= 4 is 23.6 Å². The molecular weight excluding hydrogens is 280 g/mol. The monoisotopic (exact) mass is 298 g/mol. The van der Waals surface area contributed by atoms with Crippen LogP contribution < -0.4 is 0 Å².